The van der Waals surface area contributed by atoms with E-state index in [-0.39, 0.29) is 11.8 Å². The molecule has 0 aliphatic heterocycles. The van der Waals surface area contributed by atoms with Gasteiger partial charge in [-0.15, -0.1) is 0 Å². The molecule has 0 spiro atoms. The summed E-state index contributed by atoms with van der Waals surface area (Å²) in [4.78, 5) is 0. The minimum absolute atomic E-state index is 0.242. The molecule has 8 aromatic carbocycles. The van der Waals surface area contributed by atoms with Gasteiger partial charge in [-0.1, -0.05) is 194 Å². The lowest BCUT2D eigenvalue weighted by atomic mass is 9.53. The standard InChI is InChI=1S/C56H34/c1-7-19-47-41(13-1)53-42-14-2-8-20-48(42)55(47,49-21-9-3-15-43(49)53)35-33-37-25-29-39(30-26-37)40-31-27-38(28-32-40)34-36-56-50-22-10-4-16-44(50)54(45-17-5-11-23-51(45)56)46-18-6-12-24-52(46)56/h1-32,53-54H. The van der Waals surface area contributed by atoms with Crippen molar-refractivity contribution in [3.63, 3.8) is 0 Å². The molecule has 0 unspecified atom stereocenters. The topological polar surface area (TPSA) is 0 Å². The molecule has 258 valence electrons. The fraction of sp³-hybridized carbons (Fsp3) is 0.0714. The SMILES string of the molecule is C(#CC12c3ccccc3C(c3ccccc31)c1ccccc12)c1ccc(-c2ccc(C#CC34c5ccccc5C(c5ccccc53)c3ccccc34)cc2)cc1. The minimum atomic E-state index is -0.517. The molecule has 0 heteroatoms. The van der Waals surface area contributed by atoms with Gasteiger partial charge >= 0.3 is 0 Å². The summed E-state index contributed by atoms with van der Waals surface area (Å²) in [6.07, 6.45) is 0. The van der Waals surface area contributed by atoms with Gasteiger partial charge in [0.1, 0.15) is 10.8 Å². The summed E-state index contributed by atoms with van der Waals surface area (Å²) in [6.45, 7) is 0. The van der Waals surface area contributed by atoms with E-state index in [0.717, 1.165) is 22.3 Å². The second kappa shape index (κ2) is 11.7. The van der Waals surface area contributed by atoms with Crippen LogP contribution in [0, 0.1) is 23.7 Å². The third-order valence-electron chi connectivity index (χ3n) is 12.9. The van der Waals surface area contributed by atoms with Crippen LogP contribution < -0.4 is 0 Å². The molecule has 0 N–H and O–H groups in total. The molecule has 0 radical (unpaired) electrons. The quantitative estimate of drug-likeness (QED) is 0.149. The van der Waals surface area contributed by atoms with E-state index in [1.54, 1.807) is 0 Å². The van der Waals surface area contributed by atoms with E-state index >= 15 is 0 Å². The predicted molar refractivity (Wildman–Crippen MR) is 226 cm³/mol. The Morgan fingerprint density at radius 1 is 0.268 bits per heavy atom. The van der Waals surface area contributed by atoms with Gasteiger partial charge < -0.3 is 0 Å². The van der Waals surface area contributed by atoms with Crippen LogP contribution in [-0.4, -0.2) is 0 Å². The summed E-state index contributed by atoms with van der Waals surface area (Å²) < 4.78 is 0. The maximum atomic E-state index is 3.88. The highest BCUT2D eigenvalue weighted by Crippen LogP contribution is 2.60. The van der Waals surface area contributed by atoms with Crippen LogP contribution in [0.3, 0.4) is 0 Å². The van der Waals surface area contributed by atoms with Gasteiger partial charge in [-0.2, -0.15) is 0 Å². The van der Waals surface area contributed by atoms with Crippen LogP contribution in [0.1, 0.15) is 89.7 Å². The average Bonchev–Trinajstić information content (AvgIpc) is 3.28. The molecule has 0 saturated heterocycles. The van der Waals surface area contributed by atoms with Crippen molar-refractivity contribution in [1.82, 2.24) is 0 Å². The van der Waals surface area contributed by atoms with E-state index in [1.807, 2.05) is 0 Å². The van der Waals surface area contributed by atoms with Crippen molar-refractivity contribution in [3.8, 4) is 34.8 Å². The van der Waals surface area contributed by atoms with Crippen molar-refractivity contribution in [2.45, 2.75) is 22.7 Å². The average molecular weight is 707 g/mol. The maximum Gasteiger partial charge on any atom is 0.107 e. The van der Waals surface area contributed by atoms with E-state index in [2.05, 4.69) is 218 Å². The van der Waals surface area contributed by atoms with Gasteiger partial charge in [-0.25, -0.2) is 0 Å². The Morgan fingerprint density at radius 3 is 0.750 bits per heavy atom. The molecular weight excluding hydrogens is 673 g/mol. The van der Waals surface area contributed by atoms with Crippen molar-refractivity contribution in [2.24, 2.45) is 0 Å². The van der Waals surface area contributed by atoms with Crippen LogP contribution in [0.4, 0.5) is 0 Å². The Kier molecular flexibility index (Phi) is 6.52. The number of hydrogen-bond donors (Lipinski definition) is 0. The molecule has 0 atom stereocenters. The molecule has 6 aliphatic carbocycles. The van der Waals surface area contributed by atoms with Gasteiger partial charge in [0, 0.05) is 23.0 Å². The van der Waals surface area contributed by atoms with Crippen molar-refractivity contribution in [2.75, 3.05) is 0 Å². The summed E-state index contributed by atoms with van der Waals surface area (Å²) in [7, 11) is 0. The van der Waals surface area contributed by atoms with Crippen LogP contribution in [0.25, 0.3) is 11.1 Å². The fourth-order valence-electron chi connectivity index (χ4n) is 10.6. The lowest BCUT2D eigenvalue weighted by Gasteiger charge is -2.48. The molecule has 14 rings (SSSR count). The first-order valence-electron chi connectivity index (χ1n) is 19.6. The second-order valence-electron chi connectivity index (χ2n) is 15.5. The molecule has 0 amide bonds. The first-order valence-corrected chi connectivity index (χ1v) is 19.6. The Hall–Kier alpha value is -7.12. The summed E-state index contributed by atoms with van der Waals surface area (Å²) in [5.41, 5.74) is 19.4. The van der Waals surface area contributed by atoms with E-state index < -0.39 is 10.8 Å². The zero-order valence-electron chi connectivity index (χ0n) is 30.6. The van der Waals surface area contributed by atoms with Gasteiger partial charge in [-0.05, 0) is 102 Å². The van der Waals surface area contributed by atoms with Crippen LogP contribution in [0.15, 0.2) is 194 Å². The predicted octanol–water partition coefficient (Wildman–Crippen LogP) is 11.7. The molecule has 56 heavy (non-hydrogen) atoms. The van der Waals surface area contributed by atoms with E-state index in [0.29, 0.717) is 0 Å². The molecule has 0 fully saturated rings. The first-order chi connectivity index (χ1) is 27.8. The Balaban J connectivity index is 0.895. The lowest BCUT2D eigenvalue weighted by molar-refractivity contribution is 0.666. The minimum Gasteiger partial charge on any atom is -0.0765 e. The maximum absolute atomic E-state index is 3.88. The monoisotopic (exact) mass is 706 g/mol. The van der Waals surface area contributed by atoms with Crippen LogP contribution in [0.2, 0.25) is 0 Å². The van der Waals surface area contributed by atoms with Crippen molar-refractivity contribution in [1.29, 1.82) is 0 Å². The van der Waals surface area contributed by atoms with Gasteiger partial charge in [0.15, 0.2) is 0 Å². The molecule has 0 heterocycles. The third kappa shape index (κ3) is 4.11. The smallest absolute Gasteiger partial charge is 0.0765 e. The molecule has 8 aromatic rings. The number of rotatable bonds is 1. The lowest BCUT2D eigenvalue weighted by Crippen LogP contribution is -2.41. The summed E-state index contributed by atoms with van der Waals surface area (Å²) in [5.74, 6) is 15.6. The molecule has 6 aliphatic rings. The first kappa shape index (κ1) is 31.3. The third-order valence-corrected chi connectivity index (χ3v) is 12.9. The Bertz CT molecular complexity index is 2600. The number of benzene rings is 8. The van der Waals surface area contributed by atoms with Crippen LogP contribution >= 0.6 is 0 Å². The summed E-state index contributed by atoms with van der Waals surface area (Å²) in [6, 6.07) is 70.9. The molecule has 0 nitrogen and oxygen atoms in total. The Labute approximate surface area is 328 Å². The van der Waals surface area contributed by atoms with Crippen molar-refractivity contribution < 1.29 is 0 Å². The largest absolute Gasteiger partial charge is 0.107 e. The summed E-state index contributed by atoms with van der Waals surface area (Å²) >= 11 is 0. The van der Waals surface area contributed by atoms with E-state index in [4.69, 9.17) is 0 Å². The number of hydrogen-bond acceptors (Lipinski definition) is 0. The van der Waals surface area contributed by atoms with Crippen LogP contribution in [-0.2, 0) is 10.8 Å². The molecule has 0 saturated carbocycles. The van der Waals surface area contributed by atoms with E-state index in [9.17, 15) is 0 Å². The zero-order valence-corrected chi connectivity index (χ0v) is 30.6. The highest BCUT2D eigenvalue weighted by Gasteiger charge is 2.52. The fourth-order valence-corrected chi connectivity index (χ4v) is 10.6. The van der Waals surface area contributed by atoms with Gasteiger partial charge in [0.25, 0.3) is 0 Å². The zero-order chi connectivity index (χ0) is 36.8. The second-order valence-corrected chi connectivity index (χ2v) is 15.5. The molecule has 0 aromatic heterocycles. The molecular formula is C56H34. The Morgan fingerprint density at radius 2 is 0.500 bits per heavy atom. The summed E-state index contributed by atoms with van der Waals surface area (Å²) in [5, 5.41) is 0. The van der Waals surface area contributed by atoms with Crippen molar-refractivity contribution >= 4 is 0 Å². The van der Waals surface area contributed by atoms with Crippen molar-refractivity contribution in [3.05, 3.63) is 272 Å². The molecule has 4 bridgehead atoms. The van der Waals surface area contributed by atoms with Gasteiger partial charge in [0.05, 0.1) is 0 Å². The van der Waals surface area contributed by atoms with Gasteiger partial charge in [0.2, 0.25) is 0 Å². The van der Waals surface area contributed by atoms with Crippen LogP contribution in [0.5, 0.6) is 0 Å². The van der Waals surface area contributed by atoms with Gasteiger partial charge in [-0.3, -0.25) is 0 Å². The normalized spacial score (nSPS) is 20.7. The highest BCUT2D eigenvalue weighted by atomic mass is 14.5. The highest BCUT2D eigenvalue weighted by molar-refractivity contribution is 5.78. The van der Waals surface area contributed by atoms with E-state index in [1.165, 1.54) is 66.8 Å².